The normalized spacial score (nSPS) is 13.2. The highest BCUT2D eigenvalue weighted by Crippen LogP contribution is 2.18. The maximum Gasteiger partial charge on any atom is 0.255 e. The highest BCUT2D eigenvalue weighted by atomic mass is 32.2. The van der Waals surface area contributed by atoms with Crippen molar-refractivity contribution in [1.82, 2.24) is 0 Å². The van der Waals surface area contributed by atoms with Crippen molar-refractivity contribution in [3.05, 3.63) is 65.3 Å². The smallest absolute Gasteiger partial charge is 0.255 e. The molecule has 1 N–H and O–H groups in total. The molecule has 0 radical (unpaired) electrons. The molecule has 0 saturated heterocycles. The molecule has 0 bridgehead atoms. The lowest BCUT2D eigenvalue weighted by molar-refractivity contribution is 0.596. The van der Waals surface area contributed by atoms with E-state index in [9.17, 15) is 17.0 Å². The van der Waals surface area contributed by atoms with Gasteiger partial charge in [-0.25, -0.2) is 12.8 Å². The van der Waals surface area contributed by atoms with Crippen molar-refractivity contribution >= 4 is 32.6 Å². The van der Waals surface area contributed by atoms with Crippen LogP contribution >= 0.6 is 0 Å². The molecule has 2 aromatic rings. The first-order chi connectivity index (χ1) is 10.4. The number of halogens is 1. The van der Waals surface area contributed by atoms with Crippen LogP contribution in [-0.2, 0) is 20.8 Å². The second kappa shape index (κ2) is 6.85. The lowest BCUT2D eigenvalue weighted by Crippen LogP contribution is -2.09. The molecule has 116 valence electrons. The fraction of sp³-hybridized carbons (Fsp3) is 0.0667. The van der Waals surface area contributed by atoms with Gasteiger partial charge in [0.1, 0.15) is 5.82 Å². The van der Waals surface area contributed by atoms with E-state index in [-0.39, 0.29) is 10.6 Å². The summed E-state index contributed by atoms with van der Waals surface area (Å²) >= 11 is 0. The van der Waals surface area contributed by atoms with E-state index in [0.717, 1.165) is 17.0 Å². The number of sulfonamides is 1. The Bertz CT molecular complexity index is 818. The van der Waals surface area contributed by atoms with Gasteiger partial charge in [-0.15, -0.1) is 0 Å². The van der Waals surface area contributed by atoms with E-state index in [2.05, 4.69) is 4.72 Å². The van der Waals surface area contributed by atoms with Gasteiger partial charge in [0.15, 0.2) is 0 Å². The fourth-order valence-electron chi connectivity index (χ4n) is 1.73. The van der Waals surface area contributed by atoms with Crippen molar-refractivity contribution in [2.24, 2.45) is 0 Å². The van der Waals surface area contributed by atoms with Crippen molar-refractivity contribution in [3.63, 3.8) is 0 Å². The molecule has 2 rings (SSSR count). The lowest BCUT2D eigenvalue weighted by atomic mass is 10.2. The molecule has 1 atom stereocenters. The molecule has 0 heterocycles. The molecule has 0 aromatic heterocycles. The topological polar surface area (TPSA) is 63.2 Å². The van der Waals surface area contributed by atoms with Gasteiger partial charge in [0, 0.05) is 6.26 Å². The van der Waals surface area contributed by atoms with Crippen LogP contribution in [0.1, 0.15) is 5.56 Å². The van der Waals surface area contributed by atoms with Crippen molar-refractivity contribution in [2.45, 2.75) is 4.90 Å². The van der Waals surface area contributed by atoms with E-state index < -0.39 is 26.6 Å². The lowest BCUT2D eigenvalue weighted by Gasteiger charge is -2.06. The summed E-state index contributed by atoms with van der Waals surface area (Å²) < 4.78 is 51.0. The molecule has 0 amide bonds. The second-order valence-corrected chi connectivity index (χ2v) is 7.37. The third-order valence-electron chi connectivity index (χ3n) is 2.74. The SMILES string of the molecule is CS(=O)c1ccc(NS(=O)(=O)C=Cc2ccccc2)cc1F. The zero-order valence-electron chi connectivity index (χ0n) is 11.7. The number of benzene rings is 2. The Kier molecular flexibility index (Phi) is 5.10. The van der Waals surface area contributed by atoms with E-state index in [1.54, 1.807) is 24.3 Å². The van der Waals surface area contributed by atoms with E-state index >= 15 is 0 Å². The van der Waals surface area contributed by atoms with Gasteiger partial charge in [0.05, 0.1) is 26.8 Å². The first-order valence-corrected chi connectivity index (χ1v) is 9.37. The summed E-state index contributed by atoms with van der Waals surface area (Å²) in [5.41, 5.74) is 0.806. The maximum absolute atomic E-state index is 13.7. The maximum atomic E-state index is 13.7. The Labute approximate surface area is 131 Å². The second-order valence-electron chi connectivity index (χ2n) is 4.46. The molecule has 2 aromatic carbocycles. The summed E-state index contributed by atoms with van der Waals surface area (Å²) in [6.07, 6.45) is 2.79. The Morgan fingerprint density at radius 1 is 1.14 bits per heavy atom. The van der Waals surface area contributed by atoms with Crippen molar-refractivity contribution in [2.75, 3.05) is 11.0 Å². The minimum atomic E-state index is -3.76. The average Bonchev–Trinajstić information content (AvgIpc) is 2.45. The molecule has 0 aliphatic heterocycles. The first kappa shape index (κ1) is 16.4. The third kappa shape index (κ3) is 4.51. The van der Waals surface area contributed by atoms with Gasteiger partial charge in [-0.3, -0.25) is 8.93 Å². The Morgan fingerprint density at radius 2 is 1.82 bits per heavy atom. The monoisotopic (exact) mass is 339 g/mol. The fourth-order valence-corrected chi connectivity index (χ4v) is 3.18. The average molecular weight is 339 g/mol. The summed E-state index contributed by atoms with van der Waals surface area (Å²) in [6.45, 7) is 0. The summed E-state index contributed by atoms with van der Waals surface area (Å²) in [4.78, 5) is 0.0303. The number of nitrogens with one attached hydrogen (secondary N) is 1. The van der Waals surface area contributed by atoms with Crippen LogP contribution in [0.2, 0.25) is 0 Å². The third-order valence-corrected chi connectivity index (χ3v) is 4.71. The first-order valence-electron chi connectivity index (χ1n) is 6.26. The summed E-state index contributed by atoms with van der Waals surface area (Å²) in [7, 11) is -5.22. The Hall–Kier alpha value is -1.99. The van der Waals surface area contributed by atoms with Crippen molar-refractivity contribution < 1.29 is 17.0 Å². The predicted octanol–water partition coefficient (Wildman–Crippen LogP) is 2.98. The van der Waals surface area contributed by atoms with Crippen LogP contribution in [0.15, 0.2) is 58.8 Å². The van der Waals surface area contributed by atoms with Crippen LogP contribution in [0, 0.1) is 5.82 Å². The minimum absolute atomic E-state index is 0.0303. The molecule has 0 fully saturated rings. The van der Waals surface area contributed by atoms with Gasteiger partial charge >= 0.3 is 0 Å². The largest absolute Gasteiger partial charge is 0.280 e. The standard InChI is InChI=1S/C15H14FNO3S2/c1-21(18)15-8-7-13(11-14(15)16)17-22(19,20)10-9-12-5-3-2-4-6-12/h2-11,17H,1H3. The Balaban J connectivity index is 2.17. The molecular formula is C15H14FNO3S2. The van der Waals surface area contributed by atoms with Gasteiger partial charge in [0.2, 0.25) is 0 Å². The Morgan fingerprint density at radius 3 is 2.41 bits per heavy atom. The molecule has 0 aliphatic rings. The molecular weight excluding hydrogens is 325 g/mol. The molecule has 0 aliphatic carbocycles. The molecule has 7 heteroatoms. The van der Waals surface area contributed by atoms with Gasteiger partial charge in [-0.05, 0) is 29.8 Å². The van der Waals surface area contributed by atoms with Gasteiger partial charge in [-0.1, -0.05) is 30.3 Å². The van der Waals surface area contributed by atoms with Crippen LogP contribution in [0.4, 0.5) is 10.1 Å². The van der Waals surface area contributed by atoms with E-state index in [0.29, 0.717) is 0 Å². The predicted molar refractivity (Wildman–Crippen MR) is 86.8 cm³/mol. The van der Waals surface area contributed by atoms with Crippen molar-refractivity contribution in [1.29, 1.82) is 0 Å². The zero-order chi connectivity index (χ0) is 16.2. The zero-order valence-corrected chi connectivity index (χ0v) is 13.3. The molecule has 4 nitrogen and oxygen atoms in total. The number of rotatable bonds is 5. The summed E-state index contributed by atoms with van der Waals surface area (Å²) in [5.74, 6) is -0.715. The quantitative estimate of drug-likeness (QED) is 0.911. The van der Waals surface area contributed by atoms with E-state index in [4.69, 9.17) is 0 Å². The highest BCUT2D eigenvalue weighted by molar-refractivity contribution is 7.95. The van der Waals surface area contributed by atoms with Crippen LogP contribution in [0.3, 0.4) is 0 Å². The highest BCUT2D eigenvalue weighted by Gasteiger charge is 2.10. The summed E-state index contributed by atoms with van der Waals surface area (Å²) in [5, 5.41) is 1.01. The van der Waals surface area contributed by atoms with Gasteiger partial charge < -0.3 is 0 Å². The van der Waals surface area contributed by atoms with Gasteiger partial charge in [-0.2, -0.15) is 0 Å². The minimum Gasteiger partial charge on any atom is -0.280 e. The number of hydrogen-bond acceptors (Lipinski definition) is 3. The van der Waals surface area contributed by atoms with Crippen LogP contribution in [-0.4, -0.2) is 18.9 Å². The van der Waals surface area contributed by atoms with Gasteiger partial charge in [0.25, 0.3) is 10.0 Å². The number of anilines is 1. The summed E-state index contributed by atoms with van der Waals surface area (Å²) in [6, 6.07) is 12.6. The van der Waals surface area contributed by atoms with Crippen molar-refractivity contribution in [3.8, 4) is 0 Å². The van der Waals surface area contributed by atoms with Crippen LogP contribution in [0.25, 0.3) is 6.08 Å². The molecule has 0 saturated carbocycles. The number of hydrogen-bond donors (Lipinski definition) is 1. The van der Waals surface area contributed by atoms with Crippen LogP contribution < -0.4 is 4.72 Å². The molecule has 22 heavy (non-hydrogen) atoms. The van der Waals surface area contributed by atoms with E-state index in [1.807, 2.05) is 6.07 Å². The molecule has 1 unspecified atom stereocenters. The van der Waals surface area contributed by atoms with E-state index in [1.165, 1.54) is 24.5 Å². The van der Waals surface area contributed by atoms with Crippen LogP contribution in [0.5, 0.6) is 0 Å². The molecule has 0 spiro atoms.